The van der Waals surface area contributed by atoms with Crippen LogP contribution >= 0.6 is 23.4 Å². The lowest BCUT2D eigenvalue weighted by molar-refractivity contribution is -0.384. The van der Waals surface area contributed by atoms with E-state index in [-0.39, 0.29) is 17.3 Å². The molecule has 4 aromatic rings. The van der Waals surface area contributed by atoms with Crippen molar-refractivity contribution < 1.29 is 14.1 Å². The molecule has 7 nitrogen and oxygen atoms in total. The summed E-state index contributed by atoms with van der Waals surface area (Å²) in [6, 6.07) is 18.7. The predicted molar refractivity (Wildman–Crippen MR) is 126 cm³/mol. The molecule has 0 aliphatic carbocycles. The van der Waals surface area contributed by atoms with E-state index in [9.17, 15) is 19.3 Å². The lowest BCUT2D eigenvalue weighted by Crippen LogP contribution is -2.14. The minimum atomic E-state index is -0.473. The van der Waals surface area contributed by atoms with E-state index in [0.29, 0.717) is 32.8 Å². The van der Waals surface area contributed by atoms with Crippen molar-refractivity contribution in [1.29, 1.82) is 0 Å². The van der Waals surface area contributed by atoms with Crippen molar-refractivity contribution >= 4 is 40.6 Å². The van der Waals surface area contributed by atoms with Crippen LogP contribution in [0.1, 0.15) is 0 Å². The maximum atomic E-state index is 13.5. The first-order chi connectivity index (χ1) is 15.9. The summed E-state index contributed by atoms with van der Waals surface area (Å²) in [5.74, 6) is -0.574. The van der Waals surface area contributed by atoms with E-state index < -0.39 is 10.7 Å². The molecule has 3 aromatic carbocycles. The number of thioether (sulfide) groups is 1. The minimum absolute atomic E-state index is 0.0594. The number of aromatic nitrogens is 2. The average Bonchev–Trinajstić information content (AvgIpc) is 3.24. The van der Waals surface area contributed by atoms with E-state index in [1.165, 1.54) is 36.0 Å². The second-order valence-corrected chi connectivity index (χ2v) is 8.27. The normalized spacial score (nSPS) is 10.7. The highest BCUT2D eigenvalue weighted by Crippen LogP contribution is 2.31. The third-order valence-electron chi connectivity index (χ3n) is 4.63. The van der Waals surface area contributed by atoms with Crippen molar-refractivity contribution in [2.24, 2.45) is 0 Å². The number of nitrogens with zero attached hydrogens (tertiary/aromatic N) is 3. The number of carbonyl (C=O) groups excluding carboxylic acids is 1. The molecule has 0 aliphatic rings. The zero-order chi connectivity index (χ0) is 23.4. The highest BCUT2D eigenvalue weighted by Gasteiger charge is 2.17. The molecule has 4 rings (SSSR count). The molecule has 0 bridgehead atoms. The Labute approximate surface area is 197 Å². The molecule has 1 aromatic heterocycles. The van der Waals surface area contributed by atoms with Gasteiger partial charge in [-0.25, -0.2) is 9.37 Å². The van der Waals surface area contributed by atoms with Crippen LogP contribution in [-0.4, -0.2) is 26.1 Å². The fraction of sp³-hybridized carbons (Fsp3) is 0.0435. The van der Waals surface area contributed by atoms with Gasteiger partial charge in [-0.3, -0.25) is 19.5 Å². The Bertz CT molecular complexity index is 1310. The molecule has 10 heteroatoms. The molecule has 0 unspecified atom stereocenters. The van der Waals surface area contributed by atoms with Gasteiger partial charge in [0.1, 0.15) is 5.82 Å². The van der Waals surface area contributed by atoms with Crippen LogP contribution in [0.25, 0.3) is 16.9 Å². The van der Waals surface area contributed by atoms with Crippen molar-refractivity contribution in [3.05, 3.63) is 99.9 Å². The number of hydrogen-bond acceptors (Lipinski definition) is 5. The zero-order valence-electron chi connectivity index (χ0n) is 16.9. The molecule has 0 fully saturated rings. The number of amides is 1. The molecule has 0 saturated carbocycles. The number of non-ortho nitro benzene ring substituents is 1. The third kappa shape index (κ3) is 5.39. The SMILES string of the molecule is O=C(CSc1ncc(-c2cccc([N+](=O)[O-])c2)n1-c1ccc(F)cc1)Nc1ccc(Cl)cc1. The standard InChI is InChI=1S/C23H16ClFN4O3S/c24-16-4-8-18(9-5-16)27-22(30)14-33-23-26-13-21(15-2-1-3-20(12-15)29(31)32)28(23)19-10-6-17(25)7-11-19/h1-13H,14H2,(H,27,30). The molecule has 0 saturated heterocycles. The van der Waals surface area contributed by atoms with Crippen molar-refractivity contribution in [3.63, 3.8) is 0 Å². The van der Waals surface area contributed by atoms with Crippen LogP contribution in [0.5, 0.6) is 0 Å². The summed E-state index contributed by atoms with van der Waals surface area (Å²) in [5, 5.41) is 15.0. The summed E-state index contributed by atoms with van der Waals surface area (Å²) >= 11 is 7.05. The van der Waals surface area contributed by atoms with Crippen LogP contribution in [0.2, 0.25) is 5.02 Å². The molecule has 0 spiro atoms. The topological polar surface area (TPSA) is 90.1 Å². The molecule has 1 amide bonds. The molecular weight excluding hydrogens is 467 g/mol. The van der Waals surface area contributed by atoms with Gasteiger partial charge in [-0.1, -0.05) is 35.5 Å². The molecule has 1 N–H and O–H groups in total. The van der Waals surface area contributed by atoms with Crippen LogP contribution in [0.15, 0.2) is 84.1 Å². The van der Waals surface area contributed by atoms with Gasteiger partial charge in [0, 0.05) is 34.1 Å². The summed E-state index contributed by atoms with van der Waals surface area (Å²) in [4.78, 5) is 27.6. The first kappa shape index (κ1) is 22.5. The first-order valence-electron chi connectivity index (χ1n) is 9.67. The van der Waals surface area contributed by atoms with Gasteiger partial charge < -0.3 is 5.32 Å². The van der Waals surface area contributed by atoms with Crippen LogP contribution in [-0.2, 0) is 4.79 Å². The van der Waals surface area contributed by atoms with Gasteiger partial charge in [0.05, 0.1) is 22.6 Å². The molecule has 33 heavy (non-hydrogen) atoms. The smallest absolute Gasteiger partial charge is 0.270 e. The van der Waals surface area contributed by atoms with E-state index in [1.54, 1.807) is 59.3 Å². The van der Waals surface area contributed by atoms with Crippen molar-refractivity contribution in [3.8, 4) is 16.9 Å². The lowest BCUT2D eigenvalue weighted by Gasteiger charge is -2.12. The Morgan fingerprint density at radius 2 is 1.85 bits per heavy atom. The van der Waals surface area contributed by atoms with Gasteiger partial charge in [-0.15, -0.1) is 0 Å². The fourth-order valence-corrected chi connectivity index (χ4v) is 4.04. The van der Waals surface area contributed by atoms with Crippen molar-refractivity contribution in [2.45, 2.75) is 5.16 Å². The highest BCUT2D eigenvalue weighted by molar-refractivity contribution is 7.99. The summed E-state index contributed by atoms with van der Waals surface area (Å²) < 4.78 is 15.2. The number of hydrogen-bond donors (Lipinski definition) is 1. The quantitative estimate of drug-likeness (QED) is 0.199. The Morgan fingerprint density at radius 3 is 2.55 bits per heavy atom. The molecule has 0 aliphatic heterocycles. The Kier molecular flexibility index (Phi) is 6.71. The van der Waals surface area contributed by atoms with Crippen LogP contribution in [0, 0.1) is 15.9 Å². The summed E-state index contributed by atoms with van der Waals surface area (Å²) in [5.41, 5.74) is 2.31. The number of benzene rings is 3. The van der Waals surface area contributed by atoms with E-state index >= 15 is 0 Å². The Balaban J connectivity index is 1.63. The maximum absolute atomic E-state index is 13.5. The second kappa shape index (κ2) is 9.85. The molecule has 1 heterocycles. The Morgan fingerprint density at radius 1 is 1.12 bits per heavy atom. The van der Waals surface area contributed by atoms with Crippen molar-refractivity contribution in [1.82, 2.24) is 9.55 Å². The summed E-state index contributed by atoms with van der Waals surface area (Å²) in [6.07, 6.45) is 1.57. The van der Waals surface area contributed by atoms with E-state index in [1.807, 2.05) is 0 Å². The number of halogens is 2. The maximum Gasteiger partial charge on any atom is 0.270 e. The van der Waals surface area contributed by atoms with Crippen LogP contribution < -0.4 is 5.32 Å². The molecule has 166 valence electrons. The summed E-state index contributed by atoms with van der Waals surface area (Å²) in [6.45, 7) is 0. The zero-order valence-corrected chi connectivity index (χ0v) is 18.5. The average molecular weight is 483 g/mol. The van der Waals surface area contributed by atoms with E-state index in [2.05, 4.69) is 10.3 Å². The number of imidazole rings is 1. The summed E-state index contributed by atoms with van der Waals surface area (Å²) in [7, 11) is 0. The van der Waals surface area contributed by atoms with Crippen molar-refractivity contribution in [2.75, 3.05) is 11.1 Å². The van der Waals surface area contributed by atoms with E-state index in [4.69, 9.17) is 11.6 Å². The van der Waals surface area contributed by atoms with Gasteiger partial charge in [-0.05, 0) is 48.5 Å². The highest BCUT2D eigenvalue weighted by atomic mass is 35.5. The predicted octanol–water partition coefficient (Wildman–Crippen LogP) is 5.97. The first-order valence-corrected chi connectivity index (χ1v) is 11.0. The monoisotopic (exact) mass is 482 g/mol. The number of nitro groups is 1. The van der Waals surface area contributed by atoms with E-state index in [0.717, 1.165) is 0 Å². The Hall–Kier alpha value is -3.69. The van der Waals surface area contributed by atoms with Gasteiger partial charge in [0.25, 0.3) is 5.69 Å². The van der Waals surface area contributed by atoms with Crippen LogP contribution in [0.3, 0.4) is 0 Å². The third-order valence-corrected chi connectivity index (χ3v) is 5.83. The minimum Gasteiger partial charge on any atom is -0.325 e. The van der Waals surface area contributed by atoms with Gasteiger partial charge in [0.15, 0.2) is 5.16 Å². The van der Waals surface area contributed by atoms with Gasteiger partial charge in [-0.2, -0.15) is 0 Å². The van der Waals surface area contributed by atoms with Gasteiger partial charge in [0.2, 0.25) is 5.91 Å². The fourth-order valence-electron chi connectivity index (χ4n) is 3.12. The molecule has 0 atom stereocenters. The number of anilines is 1. The lowest BCUT2D eigenvalue weighted by atomic mass is 10.1. The molecular formula is C23H16ClFN4O3S. The van der Waals surface area contributed by atoms with Crippen LogP contribution in [0.4, 0.5) is 15.8 Å². The van der Waals surface area contributed by atoms with Gasteiger partial charge >= 0.3 is 0 Å². The second-order valence-electron chi connectivity index (χ2n) is 6.89. The number of carbonyl (C=O) groups is 1. The molecule has 0 radical (unpaired) electrons. The number of nitro benzene ring substituents is 1. The number of rotatable bonds is 7. The number of nitrogens with one attached hydrogen (secondary N) is 1. The largest absolute Gasteiger partial charge is 0.325 e.